The van der Waals surface area contributed by atoms with Crippen molar-refractivity contribution < 1.29 is 9.90 Å². The highest BCUT2D eigenvalue weighted by atomic mass is 32.1. The number of carboxylic acid groups (broad SMARTS) is 1. The summed E-state index contributed by atoms with van der Waals surface area (Å²) in [5.41, 5.74) is 0.664. The van der Waals surface area contributed by atoms with E-state index >= 15 is 0 Å². The Hall–Kier alpha value is -1.10. The molecule has 1 aromatic rings. The Morgan fingerprint density at radius 3 is 2.25 bits per heavy atom. The van der Waals surface area contributed by atoms with E-state index in [4.69, 9.17) is 5.11 Å². The smallest absolute Gasteiger partial charge is 0.309 e. The fourth-order valence-electron chi connectivity index (χ4n) is 1.81. The van der Waals surface area contributed by atoms with Gasteiger partial charge >= 0.3 is 5.97 Å². The van der Waals surface area contributed by atoms with E-state index in [-0.39, 0.29) is 6.42 Å². The van der Waals surface area contributed by atoms with Gasteiger partial charge in [-0.25, -0.2) is 4.98 Å². The Kier molecular flexibility index (Phi) is 6.99. The van der Waals surface area contributed by atoms with E-state index in [9.17, 15) is 4.79 Å². The summed E-state index contributed by atoms with van der Waals surface area (Å²) in [5, 5.41) is 11.6. The molecule has 0 fully saturated rings. The van der Waals surface area contributed by atoms with Crippen molar-refractivity contribution in [2.75, 3.05) is 18.0 Å². The summed E-state index contributed by atoms with van der Waals surface area (Å²) in [6.07, 6.45) is 2.27. The molecular weight excluding hydrogens is 272 g/mol. The van der Waals surface area contributed by atoms with Crippen LogP contribution in [0.3, 0.4) is 0 Å². The first-order valence-electron chi connectivity index (χ1n) is 7.29. The van der Waals surface area contributed by atoms with Gasteiger partial charge in [0.25, 0.3) is 0 Å². The first kappa shape index (κ1) is 17.0. The number of carboxylic acids is 1. The second-order valence-corrected chi connectivity index (χ2v) is 6.88. The molecule has 0 bridgehead atoms. The highest BCUT2D eigenvalue weighted by Crippen LogP contribution is 2.23. The zero-order valence-electron chi connectivity index (χ0n) is 12.9. The molecule has 20 heavy (non-hydrogen) atoms. The van der Waals surface area contributed by atoms with Crippen molar-refractivity contribution >= 4 is 22.4 Å². The SMILES string of the molecule is CC(C)CCN(CCC(C)C)c1nc(CC(=O)O)cs1. The highest BCUT2D eigenvalue weighted by Gasteiger charge is 2.13. The molecule has 0 atom stereocenters. The average Bonchev–Trinajstić information content (AvgIpc) is 2.75. The van der Waals surface area contributed by atoms with Crippen molar-refractivity contribution in [2.45, 2.75) is 47.0 Å². The van der Waals surface area contributed by atoms with Gasteiger partial charge in [-0.3, -0.25) is 4.79 Å². The standard InChI is InChI=1S/C15H26N2O2S/c1-11(2)5-7-17(8-6-12(3)4)15-16-13(10-20-15)9-14(18)19/h10-12H,5-9H2,1-4H3,(H,18,19). The molecule has 0 aliphatic carbocycles. The number of rotatable bonds is 9. The van der Waals surface area contributed by atoms with Gasteiger partial charge in [0.2, 0.25) is 0 Å². The Bertz CT molecular complexity index is 404. The fraction of sp³-hybridized carbons (Fsp3) is 0.733. The number of aliphatic carboxylic acids is 1. The summed E-state index contributed by atoms with van der Waals surface area (Å²) < 4.78 is 0. The van der Waals surface area contributed by atoms with Crippen LogP contribution in [0, 0.1) is 11.8 Å². The number of hydrogen-bond acceptors (Lipinski definition) is 4. The molecular formula is C15H26N2O2S. The second kappa shape index (κ2) is 8.25. The number of aromatic nitrogens is 1. The molecule has 0 radical (unpaired) electrons. The summed E-state index contributed by atoms with van der Waals surface area (Å²) in [5.74, 6) is 0.503. The lowest BCUT2D eigenvalue weighted by Gasteiger charge is -2.23. The van der Waals surface area contributed by atoms with Gasteiger partial charge in [-0.1, -0.05) is 27.7 Å². The summed E-state index contributed by atoms with van der Waals surface area (Å²) in [6, 6.07) is 0. The van der Waals surface area contributed by atoms with Gasteiger partial charge < -0.3 is 10.0 Å². The van der Waals surface area contributed by atoms with Crippen molar-refractivity contribution in [1.29, 1.82) is 0 Å². The van der Waals surface area contributed by atoms with Gasteiger partial charge in [-0.15, -0.1) is 11.3 Å². The number of nitrogens with zero attached hydrogens (tertiary/aromatic N) is 2. The van der Waals surface area contributed by atoms with Crippen LogP contribution in [-0.2, 0) is 11.2 Å². The van der Waals surface area contributed by atoms with Crippen LogP contribution in [0.1, 0.15) is 46.2 Å². The van der Waals surface area contributed by atoms with Gasteiger partial charge in [0, 0.05) is 18.5 Å². The molecule has 0 saturated heterocycles. The minimum absolute atomic E-state index is 0.0126. The fourth-order valence-corrected chi connectivity index (χ4v) is 2.69. The Morgan fingerprint density at radius 2 is 1.80 bits per heavy atom. The van der Waals surface area contributed by atoms with Gasteiger partial charge in [0.1, 0.15) is 0 Å². The largest absolute Gasteiger partial charge is 0.481 e. The molecule has 1 heterocycles. The van der Waals surface area contributed by atoms with Crippen LogP contribution < -0.4 is 4.90 Å². The third kappa shape index (κ3) is 6.37. The van der Waals surface area contributed by atoms with Gasteiger partial charge in [-0.05, 0) is 24.7 Å². The summed E-state index contributed by atoms with van der Waals surface area (Å²) >= 11 is 1.55. The van der Waals surface area contributed by atoms with Gasteiger partial charge in [0.05, 0.1) is 12.1 Å². The van der Waals surface area contributed by atoms with Crippen molar-refractivity contribution in [3.05, 3.63) is 11.1 Å². The lowest BCUT2D eigenvalue weighted by atomic mass is 10.1. The molecule has 1 aromatic heterocycles. The lowest BCUT2D eigenvalue weighted by Crippen LogP contribution is -2.27. The Morgan fingerprint density at radius 1 is 1.25 bits per heavy atom. The summed E-state index contributed by atoms with van der Waals surface area (Å²) in [7, 11) is 0. The molecule has 0 aliphatic heterocycles. The molecule has 0 unspecified atom stereocenters. The zero-order chi connectivity index (χ0) is 15.1. The molecule has 5 heteroatoms. The van der Waals surface area contributed by atoms with E-state index in [1.807, 2.05) is 5.38 Å². The molecule has 1 rings (SSSR count). The average molecular weight is 298 g/mol. The van der Waals surface area contributed by atoms with Crippen LogP contribution in [0.15, 0.2) is 5.38 Å². The maximum atomic E-state index is 10.7. The minimum atomic E-state index is -0.822. The molecule has 0 aromatic carbocycles. The number of thiazole rings is 1. The van der Waals surface area contributed by atoms with Crippen LogP contribution >= 0.6 is 11.3 Å². The van der Waals surface area contributed by atoms with Crippen molar-refractivity contribution in [2.24, 2.45) is 11.8 Å². The van der Waals surface area contributed by atoms with Crippen molar-refractivity contribution in [3.63, 3.8) is 0 Å². The normalized spacial score (nSPS) is 11.3. The monoisotopic (exact) mass is 298 g/mol. The zero-order valence-corrected chi connectivity index (χ0v) is 13.7. The maximum Gasteiger partial charge on any atom is 0.309 e. The van der Waals surface area contributed by atoms with Gasteiger partial charge in [0.15, 0.2) is 5.13 Å². The van der Waals surface area contributed by atoms with E-state index in [0.717, 1.165) is 31.1 Å². The van der Waals surface area contributed by atoms with Crippen molar-refractivity contribution in [1.82, 2.24) is 4.98 Å². The first-order chi connectivity index (χ1) is 9.38. The van der Waals surface area contributed by atoms with E-state index in [1.54, 1.807) is 11.3 Å². The first-order valence-corrected chi connectivity index (χ1v) is 8.17. The van der Waals surface area contributed by atoms with E-state index in [0.29, 0.717) is 17.5 Å². The van der Waals surface area contributed by atoms with Crippen LogP contribution in [-0.4, -0.2) is 29.1 Å². The molecule has 0 spiro atoms. The van der Waals surface area contributed by atoms with Crippen molar-refractivity contribution in [3.8, 4) is 0 Å². The van der Waals surface area contributed by atoms with E-state index in [1.165, 1.54) is 0 Å². The molecule has 0 amide bonds. The molecule has 0 aliphatic rings. The van der Waals surface area contributed by atoms with Gasteiger partial charge in [-0.2, -0.15) is 0 Å². The summed E-state index contributed by atoms with van der Waals surface area (Å²) in [4.78, 5) is 17.5. The van der Waals surface area contributed by atoms with E-state index < -0.39 is 5.97 Å². The Balaban J connectivity index is 2.69. The predicted molar refractivity (Wildman–Crippen MR) is 84.6 cm³/mol. The highest BCUT2D eigenvalue weighted by molar-refractivity contribution is 7.13. The molecule has 0 saturated carbocycles. The van der Waals surface area contributed by atoms with Crippen LogP contribution in [0.4, 0.5) is 5.13 Å². The maximum absolute atomic E-state index is 10.7. The van der Waals surface area contributed by atoms with Crippen LogP contribution in [0.5, 0.6) is 0 Å². The van der Waals surface area contributed by atoms with E-state index in [2.05, 4.69) is 37.6 Å². The third-order valence-corrected chi connectivity index (χ3v) is 4.05. The Labute approximate surface area is 125 Å². The topological polar surface area (TPSA) is 53.4 Å². The lowest BCUT2D eigenvalue weighted by molar-refractivity contribution is -0.136. The summed E-state index contributed by atoms with van der Waals surface area (Å²) in [6.45, 7) is 10.9. The minimum Gasteiger partial charge on any atom is -0.481 e. The molecule has 4 nitrogen and oxygen atoms in total. The second-order valence-electron chi connectivity index (χ2n) is 6.04. The number of carbonyl (C=O) groups is 1. The number of anilines is 1. The quantitative estimate of drug-likeness (QED) is 0.756. The predicted octanol–water partition coefficient (Wildman–Crippen LogP) is 3.67. The number of hydrogen-bond donors (Lipinski definition) is 1. The third-order valence-electron chi connectivity index (χ3n) is 3.10. The van der Waals surface area contributed by atoms with Crippen LogP contribution in [0.25, 0.3) is 0 Å². The van der Waals surface area contributed by atoms with Crippen LogP contribution in [0.2, 0.25) is 0 Å². The molecule has 1 N–H and O–H groups in total. The molecule has 114 valence electrons.